The first kappa shape index (κ1) is 20.4. The number of aromatic hydroxyl groups is 2. The number of phenols is 2. The summed E-state index contributed by atoms with van der Waals surface area (Å²) in [6.45, 7) is 0. The Morgan fingerprint density at radius 3 is 1.46 bits per heavy atom. The van der Waals surface area contributed by atoms with Crippen LogP contribution in [0.5, 0.6) is 11.5 Å². The third kappa shape index (κ3) is 4.91. The van der Waals surface area contributed by atoms with Gasteiger partial charge in [0.25, 0.3) is 0 Å². The second-order valence-corrected chi connectivity index (χ2v) is 9.00. The number of rotatable bonds is 6. The lowest BCUT2D eigenvalue weighted by molar-refractivity contribution is 0.104. The molecule has 0 amide bonds. The smallest absolute Gasteiger partial charge is 0.195 e. The summed E-state index contributed by atoms with van der Waals surface area (Å²) in [6.07, 6.45) is 5.38. The molecule has 28 heavy (non-hydrogen) atoms. The Morgan fingerprint density at radius 1 is 0.750 bits per heavy atom. The fourth-order valence-corrected chi connectivity index (χ4v) is 4.19. The summed E-state index contributed by atoms with van der Waals surface area (Å²) in [5.41, 5.74) is 0.532. The van der Waals surface area contributed by atoms with Crippen LogP contribution in [0, 0.1) is 0 Å². The summed E-state index contributed by atoms with van der Waals surface area (Å²) < 4.78 is 1.01. The molecule has 2 N–H and O–H groups in total. The highest BCUT2D eigenvalue weighted by atomic mass is 35.5. The van der Waals surface area contributed by atoms with Crippen molar-refractivity contribution < 1.29 is 19.8 Å². The van der Waals surface area contributed by atoms with Gasteiger partial charge in [-0.05, 0) is 60.7 Å². The molecule has 0 aliphatic heterocycles. The van der Waals surface area contributed by atoms with Crippen LogP contribution in [0.2, 0.25) is 8.67 Å². The lowest BCUT2D eigenvalue weighted by Crippen LogP contribution is -1.90. The van der Waals surface area contributed by atoms with Crippen molar-refractivity contribution in [2.24, 2.45) is 0 Å². The highest BCUT2D eigenvalue weighted by molar-refractivity contribution is 7.18. The zero-order valence-electron chi connectivity index (χ0n) is 14.1. The van der Waals surface area contributed by atoms with Crippen molar-refractivity contribution in [1.29, 1.82) is 0 Å². The summed E-state index contributed by atoms with van der Waals surface area (Å²) in [5.74, 6) is -0.811. The molecular weight excluding hydrogens is 439 g/mol. The topological polar surface area (TPSA) is 74.6 Å². The van der Waals surface area contributed by atoms with Crippen molar-refractivity contribution >= 4 is 69.6 Å². The molecule has 8 heteroatoms. The predicted molar refractivity (Wildman–Crippen MR) is 115 cm³/mol. The maximum Gasteiger partial charge on any atom is 0.195 e. The van der Waals surface area contributed by atoms with Crippen LogP contribution in [-0.4, -0.2) is 21.8 Å². The van der Waals surface area contributed by atoms with Crippen molar-refractivity contribution in [2.75, 3.05) is 0 Å². The van der Waals surface area contributed by atoms with E-state index in [0.717, 1.165) is 22.7 Å². The fraction of sp³-hybridized carbons (Fsp3) is 0. The molecular formula is C20H12Cl2O4S2. The van der Waals surface area contributed by atoms with E-state index in [2.05, 4.69) is 0 Å². The van der Waals surface area contributed by atoms with Gasteiger partial charge in [0.15, 0.2) is 11.6 Å². The van der Waals surface area contributed by atoms with Gasteiger partial charge in [0.2, 0.25) is 0 Å². The second kappa shape index (κ2) is 8.75. The van der Waals surface area contributed by atoms with Crippen molar-refractivity contribution in [3.8, 4) is 11.5 Å². The number of carbonyl (C=O) groups is 2. The average Bonchev–Trinajstić information content (AvgIpc) is 3.28. The first-order chi connectivity index (χ1) is 13.3. The van der Waals surface area contributed by atoms with Gasteiger partial charge in [0.1, 0.15) is 11.5 Å². The molecule has 0 unspecified atom stereocenters. The molecule has 0 spiro atoms. The Balaban J connectivity index is 1.77. The minimum absolute atomic E-state index is 0.141. The summed E-state index contributed by atoms with van der Waals surface area (Å²) in [6, 6.07) is 9.11. The second-order valence-electron chi connectivity index (χ2n) is 5.57. The SMILES string of the molecule is O=C(/C=C/c1cc(O)c(/C=C/C(=O)c2ccc(Cl)s2)cc1O)c1ccc(Cl)s1. The summed E-state index contributed by atoms with van der Waals surface area (Å²) >= 11 is 13.9. The van der Waals surface area contributed by atoms with Crippen LogP contribution >= 0.6 is 45.9 Å². The monoisotopic (exact) mass is 450 g/mol. The van der Waals surface area contributed by atoms with Gasteiger partial charge in [0, 0.05) is 11.1 Å². The fourth-order valence-electron chi connectivity index (χ4n) is 2.26. The van der Waals surface area contributed by atoms with Gasteiger partial charge < -0.3 is 10.2 Å². The zero-order chi connectivity index (χ0) is 20.3. The molecule has 0 saturated heterocycles. The molecule has 1 aromatic carbocycles. The summed E-state index contributed by atoms with van der Waals surface area (Å²) in [4.78, 5) is 25.1. The molecule has 2 heterocycles. The average molecular weight is 451 g/mol. The van der Waals surface area contributed by atoms with E-state index >= 15 is 0 Å². The number of benzene rings is 1. The summed E-state index contributed by atoms with van der Waals surface area (Å²) in [5, 5.41) is 20.3. The molecule has 3 aromatic rings. The summed E-state index contributed by atoms with van der Waals surface area (Å²) in [7, 11) is 0. The number of ketones is 2. The van der Waals surface area contributed by atoms with Crippen LogP contribution < -0.4 is 0 Å². The number of hydrogen-bond acceptors (Lipinski definition) is 6. The molecule has 0 fully saturated rings. The molecule has 142 valence electrons. The van der Waals surface area contributed by atoms with Gasteiger partial charge in [-0.3, -0.25) is 9.59 Å². The van der Waals surface area contributed by atoms with E-state index in [9.17, 15) is 19.8 Å². The molecule has 4 nitrogen and oxygen atoms in total. The van der Waals surface area contributed by atoms with E-state index in [1.807, 2.05) is 0 Å². The Morgan fingerprint density at radius 2 is 1.14 bits per heavy atom. The molecule has 0 atom stereocenters. The first-order valence-corrected chi connectivity index (χ1v) is 10.2. The molecule has 0 radical (unpaired) electrons. The van der Waals surface area contributed by atoms with E-state index in [0.29, 0.717) is 18.4 Å². The van der Waals surface area contributed by atoms with Gasteiger partial charge in [0.05, 0.1) is 18.4 Å². The minimum Gasteiger partial charge on any atom is -0.507 e. The van der Waals surface area contributed by atoms with Gasteiger partial charge in [-0.25, -0.2) is 0 Å². The third-order valence-electron chi connectivity index (χ3n) is 3.64. The predicted octanol–water partition coefficient (Wildman–Crippen LogP) is 6.32. The van der Waals surface area contributed by atoms with Gasteiger partial charge >= 0.3 is 0 Å². The standard InChI is InChI=1S/C20H12Cl2O4S2/c21-19-7-5-17(27-19)13(23)3-1-11-9-16(26)12(10-15(11)25)2-4-14(24)18-6-8-20(22)28-18/h1-10,25-26H/b3-1+,4-2+. The Bertz CT molecular complexity index is 1020. The number of allylic oxidation sites excluding steroid dienone is 2. The molecule has 2 aromatic heterocycles. The van der Waals surface area contributed by atoms with Gasteiger partial charge in [-0.15, -0.1) is 22.7 Å². The lowest BCUT2D eigenvalue weighted by Gasteiger charge is -2.04. The quantitative estimate of drug-likeness (QED) is 0.261. The van der Waals surface area contributed by atoms with Crippen LogP contribution in [0.25, 0.3) is 12.2 Å². The molecule has 0 saturated carbocycles. The molecule has 3 rings (SSSR count). The number of hydrogen-bond donors (Lipinski definition) is 2. The first-order valence-electron chi connectivity index (χ1n) is 7.85. The van der Waals surface area contributed by atoms with E-state index in [4.69, 9.17) is 23.2 Å². The van der Waals surface area contributed by atoms with Crippen molar-refractivity contribution in [2.45, 2.75) is 0 Å². The third-order valence-corrected chi connectivity index (χ3v) is 6.13. The maximum atomic E-state index is 12.1. The highest BCUT2D eigenvalue weighted by Gasteiger charge is 2.09. The largest absolute Gasteiger partial charge is 0.507 e. The molecule has 0 bridgehead atoms. The molecule has 0 aliphatic rings. The maximum absolute atomic E-state index is 12.1. The van der Waals surface area contributed by atoms with Crippen LogP contribution in [0.4, 0.5) is 0 Å². The Kier molecular flexibility index (Phi) is 6.36. The van der Waals surface area contributed by atoms with Crippen LogP contribution in [0.3, 0.4) is 0 Å². The Labute approximate surface area is 178 Å². The van der Waals surface area contributed by atoms with E-state index in [-0.39, 0.29) is 34.2 Å². The van der Waals surface area contributed by atoms with E-state index in [1.54, 1.807) is 24.3 Å². The number of carbonyl (C=O) groups excluding carboxylic acids is 2. The number of thiophene rings is 2. The minimum atomic E-state index is -0.264. The zero-order valence-corrected chi connectivity index (χ0v) is 17.2. The number of phenolic OH excluding ortho intramolecular Hbond substituents is 2. The highest BCUT2D eigenvalue weighted by Crippen LogP contribution is 2.30. The van der Waals surface area contributed by atoms with E-state index < -0.39 is 0 Å². The lowest BCUT2D eigenvalue weighted by atomic mass is 10.1. The van der Waals surface area contributed by atoms with Gasteiger partial charge in [-0.2, -0.15) is 0 Å². The van der Waals surface area contributed by atoms with Crippen LogP contribution in [0.1, 0.15) is 30.5 Å². The molecule has 0 aliphatic carbocycles. The van der Waals surface area contributed by atoms with Crippen molar-refractivity contribution in [3.63, 3.8) is 0 Å². The van der Waals surface area contributed by atoms with Crippen molar-refractivity contribution in [3.05, 3.63) is 78.1 Å². The Hall–Kier alpha value is -2.38. The van der Waals surface area contributed by atoms with E-state index in [1.165, 1.54) is 36.4 Å². The normalized spacial score (nSPS) is 11.5. The van der Waals surface area contributed by atoms with Gasteiger partial charge in [-0.1, -0.05) is 23.2 Å². The van der Waals surface area contributed by atoms with Crippen LogP contribution in [-0.2, 0) is 0 Å². The van der Waals surface area contributed by atoms with Crippen molar-refractivity contribution in [1.82, 2.24) is 0 Å². The van der Waals surface area contributed by atoms with Crippen LogP contribution in [0.15, 0.2) is 48.6 Å². The number of halogens is 2.